The molecular formula is C18H38O2SSi. The maximum Gasteiger partial charge on any atom is 0.188 e. The van der Waals surface area contributed by atoms with Crippen LogP contribution in [0.5, 0.6) is 0 Å². The van der Waals surface area contributed by atoms with Gasteiger partial charge in [0.25, 0.3) is 0 Å². The van der Waals surface area contributed by atoms with Gasteiger partial charge in [0, 0.05) is 12.2 Å². The number of unbranched alkanes of at least 4 members (excludes halogenated alkanes) is 4. The molecule has 1 atom stereocenters. The summed E-state index contributed by atoms with van der Waals surface area (Å²) >= 11 is 1.54. The molecule has 0 aliphatic heterocycles. The van der Waals surface area contributed by atoms with Gasteiger partial charge in [0.15, 0.2) is 5.12 Å². The van der Waals surface area contributed by atoms with Crippen molar-refractivity contribution in [3.63, 3.8) is 0 Å². The monoisotopic (exact) mass is 346 g/mol. The lowest BCUT2D eigenvalue weighted by molar-refractivity contribution is -0.111. The lowest BCUT2D eigenvalue weighted by atomic mass is 9.87. The normalized spacial score (nSPS) is 14.1. The second kappa shape index (κ2) is 14.8. The van der Waals surface area contributed by atoms with Crippen molar-refractivity contribution in [3.8, 4) is 0 Å². The lowest BCUT2D eigenvalue weighted by Crippen LogP contribution is -2.32. The van der Waals surface area contributed by atoms with Crippen LogP contribution in [0.2, 0.25) is 0 Å². The highest BCUT2D eigenvalue weighted by Crippen LogP contribution is 2.30. The summed E-state index contributed by atoms with van der Waals surface area (Å²) in [5.74, 6) is 0.967. The van der Waals surface area contributed by atoms with Crippen LogP contribution in [0.4, 0.5) is 0 Å². The zero-order valence-corrected chi connectivity index (χ0v) is 18.2. The largest absolute Gasteiger partial charge is 0.422 e. The molecule has 0 N–H and O–H groups in total. The number of carbonyl (C=O) groups excluding carboxylic acids is 1. The predicted molar refractivity (Wildman–Crippen MR) is 104 cm³/mol. The average Bonchev–Trinajstić information content (AvgIpc) is 2.53. The van der Waals surface area contributed by atoms with Crippen LogP contribution >= 0.6 is 11.8 Å². The molecule has 0 aromatic carbocycles. The molecule has 0 heterocycles. The van der Waals surface area contributed by atoms with Crippen molar-refractivity contribution < 1.29 is 9.22 Å². The number of thioether (sulfide) groups is 1. The Bertz CT molecular complexity index is 274. The lowest BCUT2D eigenvalue weighted by Gasteiger charge is -2.33. The zero-order valence-electron chi connectivity index (χ0n) is 15.4. The summed E-state index contributed by atoms with van der Waals surface area (Å²) in [4.78, 5) is 11.8. The Morgan fingerprint density at radius 2 is 1.59 bits per heavy atom. The van der Waals surface area contributed by atoms with Crippen molar-refractivity contribution in [1.82, 2.24) is 0 Å². The Morgan fingerprint density at radius 1 is 0.909 bits per heavy atom. The van der Waals surface area contributed by atoms with Gasteiger partial charge >= 0.3 is 0 Å². The van der Waals surface area contributed by atoms with E-state index in [1.165, 1.54) is 51.4 Å². The first kappa shape index (κ1) is 22.2. The summed E-state index contributed by atoms with van der Waals surface area (Å²) in [6.07, 6.45) is 13.8. The molecule has 0 radical (unpaired) electrons. The Hall–Kier alpha value is 0.197. The van der Waals surface area contributed by atoms with Gasteiger partial charge in [-0.15, -0.1) is 0 Å². The zero-order chi connectivity index (χ0) is 16.7. The number of rotatable bonds is 15. The van der Waals surface area contributed by atoms with Crippen LogP contribution < -0.4 is 0 Å². The molecule has 132 valence electrons. The molecule has 0 bridgehead atoms. The number of carbonyl (C=O) groups is 1. The maximum absolute atomic E-state index is 11.8. The molecule has 0 amide bonds. The van der Waals surface area contributed by atoms with E-state index >= 15 is 0 Å². The maximum atomic E-state index is 11.8. The van der Waals surface area contributed by atoms with Gasteiger partial charge in [-0.25, -0.2) is 0 Å². The molecule has 0 saturated heterocycles. The minimum Gasteiger partial charge on any atom is -0.422 e. The Kier molecular flexibility index (Phi) is 14.9. The van der Waals surface area contributed by atoms with Crippen molar-refractivity contribution in [2.75, 3.05) is 5.75 Å². The molecule has 0 saturated carbocycles. The molecule has 0 fully saturated rings. The van der Waals surface area contributed by atoms with Gasteiger partial charge in [0.2, 0.25) is 0 Å². The summed E-state index contributed by atoms with van der Waals surface area (Å²) < 4.78 is 6.02. The van der Waals surface area contributed by atoms with Crippen LogP contribution in [0.3, 0.4) is 0 Å². The Balaban J connectivity index is 3.93. The van der Waals surface area contributed by atoms with Gasteiger partial charge in [-0.05, 0) is 32.1 Å². The highest BCUT2D eigenvalue weighted by molar-refractivity contribution is 8.13. The van der Waals surface area contributed by atoms with Crippen LogP contribution in [0, 0.1) is 0 Å². The van der Waals surface area contributed by atoms with E-state index in [0.717, 1.165) is 41.9 Å². The molecule has 0 aliphatic rings. The first-order chi connectivity index (χ1) is 10.6. The van der Waals surface area contributed by atoms with Crippen molar-refractivity contribution >= 4 is 27.4 Å². The molecule has 4 heteroatoms. The van der Waals surface area contributed by atoms with Crippen LogP contribution in [-0.2, 0) is 9.22 Å². The predicted octanol–water partition coefficient (Wildman–Crippen LogP) is 5.02. The standard InChI is InChI=1S/C18H38O2SSi/c1-4-7-9-10-12-17(19)21-16-11-15-18(20-22,13-6-3)14-8-5-2/h4-16H2,1-3,22H3. The third-order valence-corrected chi connectivity index (χ3v) is 6.28. The van der Waals surface area contributed by atoms with Crippen LogP contribution in [-0.4, -0.2) is 27.0 Å². The van der Waals surface area contributed by atoms with Crippen molar-refractivity contribution in [2.45, 2.75) is 103 Å². The average molecular weight is 347 g/mol. The molecule has 0 aromatic heterocycles. The molecule has 2 nitrogen and oxygen atoms in total. The fourth-order valence-corrected chi connectivity index (χ4v) is 4.40. The van der Waals surface area contributed by atoms with Crippen molar-refractivity contribution in [2.24, 2.45) is 0 Å². The first-order valence-electron chi connectivity index (χ1n) is 9.34. The Morgan fingerprint density at radius 3 is 2.18 bits per heavy atom. The van der Waals surface area contributed by atoms with Gasteiger partial charge in [-0.2, -0.15) is 0 Å². The smallest absolute Gasteiger partial charge is 0.188 e. The third-order valence-electron chi connectivity index (χ3n) is 4.40. The molecule has 0 aromatic rings. The number of hydrogen-bond donors (Lipinski definition) is 0. The van der Waals surface area contributed by atoms with Crippen LogP contribution in [0.25, 0.3) is 0 Å². The molecule has 0 aliphatic carbocycles. The summed E-state index contributed by atoms with van der Waals surface area (Å²) in [7, 11) is 0.820. The van der Waals surface area contributed by atoms with E-state index in [0.29, 0.717) is 5.12 Å². The number of hydrogen-bond acceptors (Lipinski definition) is 3. The fourth-order valence-electron chi connectivity index (χ4n) is 2.98. The quantitative estimate of drug-likeness (QED) is 0.307. The van der Waals surface area contributed by atoms with Gasteiger partial charge < -0.3 is 4.43 Å². The van der Waals surface area contributed by atoms with E-state index in [1.807, 2.05) is 0 Å². The highest BCUT2D eigenvalue weighted by Gasteiger charge is 2.26. The van der Waals surface area contributed by atoms with E-state index in [9.17, 15) is 4.79 Å². The van der Waals surface area contributed by atoms with Gasteiger partial charge in [-0.3, -0.25) is 4.79 Å². The SMILES string of the molecule is CCCCCCC(=O)SCCCC(CCC)(CCCC)O[SiH3]. The van der Waals surface area contributed by atoms with Crippen molar-refractivity contribution in [3.05, 3.63) is 0 Å². The molecule has 0 spiro atoms. The second-order valence-electron chi connectivity index (χ2n) is 6.38. The van der Waals surface area contributed by atoms with Gasteiger partial charge in [-0.1, -0.05) is 71.1 Å². The van der Waals surface area contributed by atoms with Gasteiger partial charge in [0.05, 0.1) is 5.60 Å². The van der Waals surface area contributed by atoms with Crippen molar-refractivity contribution in [1.29, 1.82) is 0 Å². The minimum atomic E-state index is 0.113. The van der Waals surface area contributed by atoms with E-state index in [2.05, 4.69) is 20.8 Å². The third kappa shape index (κ3) is 10.8. The summed E-state index contributed by atoms with van der Waals surface area (Å²) in [6, 6.07) is 0. The highest BCUT2D eigenvalue weighted by atomic mass is 32.2. The molecule has 0 rings (SSSR count). The summed E-state index contributed by atoms with van der Waals surface area (Å²) in [5.41, 5.74) is 0.113. The van der Waals surface area contributed by atoms with E-state index in [1.54, 1.807) is 11.8 Å². The van der Waals surface area contributed by atoms with E-state index < -0.39 is 0 Å². The van der Waals surface area contributed by atoms with E-state index in [4.69, 9.17) is 4.43 Å². The molecule has 22 heavy (non-hydrogen) atoms. The summed E-state index contributed by atoms with van der Waals surface area (Å²) in [6.45, 7) is 6.70. The minimum absolute atomic E-state index is 0.113. The summed E-state index contributed by atoms with van der Waals surface area (Å²) in [5, 5.41) is 0.387. The topological polar surface area (TPSA) is 26.3 Å². The fraction of sp³-hybridized carbons (Fsp3) is 0.944. The molecule has 1 unspecified atom stereocenters. The molecular weight excluding hydrogens is 308 g/mol. The Labute approximate surface area is 146 Å². The van der Waals surface area contributed by atoms with E-state index in [-0.39, 0.29) is 5.60 Å². The van der Waals surface area contributed by atoms with Crippen LogP contribution in [0.15, 0.2) is 0 Å². The van der Waals surface area contributed by atoms with Gasteiger partial charge in [0.1, 0.15) is 10.5 Å². The van der Waals surface area contributed by atoms with Crippen LogP contribution in [0.1, 0.15) is 97.8 Å². The first-order valence-corrected chi connectivity index (χ1v) is 11.1. The second-order valence-corrected chi connectivity index (χ2v) is 7.94.